The number of benzene rings is 2. The van der Waals surface area contributed by atoms with Gasteiger partial charge in [0.2, 0.25) is 5.91 Å². The van der Waals surface area contributed by atoms with E-state index in [1.807, 2.05) is 47.4 Å². The maximum absolute atomic E-state index is 12.5. The third-order valence-electron chi connectivity index (χ3n) is 4.61. The molecule has 2 aromatic carbocycles. The molecule has 0 radical (unpaired) electrons. The Kier molecular flexibility index (Phi) is 6.24. The molecule has 0 N–H and O–H groups in total. The Bertz CT molecular complexity index is 813. The van der Waals surface area contributed by atoms with Crippen molar-refractivity contribution in [2.75, 3.05) is 45.3 Å². The van der Waals surface area contributed by atoms with E-state index in [4.69, 9.17) is 21.1 Å². The topological polar surface area (TPSA) is 42.0 Å². The Hall–Kier alpha value is -2.66. The summed E-state index contributed by atoms with van der Waals surface area (Å²) in [7, 11) is 3.19. The largest absolute Gasteiger partial charge is 0.493 e. The number of anilines is 1. The van der Waals surface area contributed by atoms with E-state index in [1.54, 1.807) is 26.4 Å². The van der Waals surface area contributed by atoms with Gasteiger partial charge in [-0.15, -0.1) is 0 Å². The Morgan fingerprint density at radius 1 is 0.963 bits per heavy atom. The van der Waals surface area contributed by atoms with Gasteiger partial charge in [-0.1, -0.05) is 17.7 Å². The summed E-state index contributed by atoms with van der Waals surface area (Å²) in [6, 6.07) is 13.4. The lowest BCUT2D eigenvalue weighted by molar-refractivity contribution is -0.126. The van der Waals surface area contributed by atoms with Crippen LogP contribution < -0.4 is 14.4 Å². The van der Waals surface area contributed by atoms with E-state index < -0.39 is 0 Å². The maximum atomic E-state index is 12.5. The zero-order chi connectivity index (χ0) is 19.2. The molecule has 0 aliphatic carbocycles. The van der Waals surface area contributed by atoms with Crippen LogP contribution in [0.2, 0.25) is 5.02 Å². The molecular weight excluding hydrogens is 364 g/mol. The first kappa shape index (κ1) is 19.1. The Balaban J connectivity index is 1.58. The molecule has 6 heteroatoms. The number of nitrogens with zero attached hydrogens (tertiary/aromatic N) is 2. The lowest BCUT2D eigenvalue weighted by Crippen LogP contribution is -2.48. The molecule has 1 aliphatic heterocycles. The number of halogens is 1. The van der Waals surface area contributed by atoms with E-state index in [0.717, 1.165) is 29.4 Å². The molecule has 2 aromatic rings. The molecule has 1 fully saturated rings. The van der Waals surface area contributed by atoms with E-state index >= 15 is 0 Å². The van der Waals surface area contributed by atoms with E-state index in [-0.39, 0.29) is 5.91 Å². The molecule has 0 saturated carbocycles. The predicted octanol–water partition coefficient (Wildman–Crippen LogP) is 3.72. The van der Waals surface area contributed by atoms with Crippen LogP contribution in [0, 0.1) is 0 Å². The van der Waals surface area contributed by atoms with Gasteiger partial charge in [-0.05, 0) is 48.0 Å². The highest BCUT2D eigenvalue weighted by atomic mass is 35.5. The Morgan fingerprint density at radius 3 is 2.26 bits per heavy atom. The Labute approximate surface area is 164 Å². The number of ether oxygens (including phenoxy) is 2. The van der Waals surface area contributed by atoms with Crippen LogP contribution in [-0.4, -0.2) is 51.2 Å². The summed E-state index contributed by atoms with van der Waals surface area (Å²) in [6.45, 7) is 2.99. The van der Waals surface area contributed by atoms with Crippen molar-refractivity contribution in [3.8, 4) is 11.5 Å². The molecule has 0 bridgehead atoms. The number of carbonyl (C=O) groups excluding carboxylic acids is 1. The van der Waals surface area contributed by atoms with Gasteiger partial charge in [0, 0.05) is 43.0 Å². The molecule has 1 saturated heterocycles. The second-order valence-corrected chi connectivity index (χ2v) is 6.67. The number of carbonyl (C=O) groups is 1. The molecule has 0 atom stereocenters. The van der Waals surface area contributed by atoms with Crippen LogP contribution >= 0.6 is 11.6 Å². The normalized spacial score (nSPS) is 14.5. The van der Waals surface area contributed by atoms with E-state index in [1.165, 1.54) is 0 Å². The zero-order valence-electron chi connectivity index (χ0n) is 15.5. The fourth-order valence-corrected chi connectivity index (χ4v) is 3.19. The van der Waals surface area contributed by atoms with Crippen LogP contribution in [0.25, 0.3) is 6.08 Å². The highest BCUT2D eigenvalue weighted by Crippen LogP contribution is 2.28. The minimum atomic E-state index is 0.0144. The lowest BCUT2D eigenvalue weighted by Gasteiger charge is -2.35. The van der Waals surface area contributed by atoms with Gasteiger partial charge in [0.1, 0.15) is 0 Å². The number of methoxy groups -OCH3 is 2. The summed E-state index contributed by atoms with van der Waals surface area (Å²) in [4.78, 5) is 16.6. The van der Waals surface area contributed by atoms with Crippen LogP contribution in [0.15, 0.2) is 48.5 Å². The summed E-state index contributed by atoms with van der Waals surface area (Å²) in [5.74, 6) is 1.32. The van der Waals surface area contributed by atoms with Crippen molar-refractivity contribution in [3.63, 3.8) is 0 Å². The van der Waals surface area contributed by atoms with Crippen molar-refractivity contribution < 1.29 is 14.3 Å². The summed E-state index contributed by atoms with van der Waals surface area (Å²) in [6.07, 6.45) is 3.41. The highest BCUT2D eigenvalue weighted by Gasteiger charge is 2.19. The Morgan fingerprint density at radius 2 is 1.63 bits per heavy atom. The second kappa shape index (κ2) is 8.82. The van der Waals surface area contributed by atoms with Crippen molar-refractivity contribution in [2.24, 2.45) is 0 Å². The highest BCUT2D eigenvalue weighted by molar-refractivity contribution is 6.30. The third-order valence-corrected chi connectivity index (χ3v) is 4.86. The number of rotatable bonds is 5. The monoisotopic (exact) mass is 386 g/mol. The first-order valence-corrected chi connectivity index (χ1v) is 9.18. The van der Waals surface area contributed by atoms with Crippen LogP contribution in [0.3, 0.4) is 0 Å². The molecule has 1 heterocycles. The van der Waals surface area contributed by atoms with Crippen molar-refractivity contribution in [3.05, 3.63) is 59.1 Å². The van der Waals surface area contributed by atoms with Gasteiger partial charge >= 0.3 is 0 Å². The number of piperazine rings is 1. The van der Waals surface area contributed by atoms with Gasteiger partial charge in [0.15, 0.2) is 11.5 Å². The molecule has 1 aliphatic rings. The average Bonchev–Trinajstić information content (AvgIpc) is 2.72. The van der Waals surface area contributed by atoms with Crippen LogP contribution in [0.1, 0.15) is 5.56 Å². The zero-order valence-corrected chi connectivity index (χ0v) is 16.3. The quantitative estimate of drug-likeness (QED) is 0.734. The summed E-state index contributed by atoms with van der Waals surface area (Å²) >= 11 is 5.94. The van der Waals surface area contributed by atoms with Gasteiger partial charge in [0.05, 0.1) is 14.2 Å². The second-order valence-electron chi connectivity index (χ2n) is 6.24. The molecular formula is C21H23ClN2O3. The molecule has 0 unspecified atom stereocenters. The van der Waals surface area contributed by atoms with Gasteiger partial charge in [-0.25, -0.2) is 0 Å². The van der Waals surface area contributed by atoms with Gasteiger partial charge < -0.3 is 19.3 Å². The first-order chi connectivity index (χ1) is 13.1. The molecule has 3 rings (SSSR count). The summed E-state index contributed by atoms with van der Waals surface area (Å²) in [5.41, 5.74) is 2.02. The smallest absolute Gasteiger partial charge is 0.246 e. The minimum Gasteiger partial charge on any atom is -0.493 e. The molecule has 142 valence electrons. The average molecular weight is 387 g/mol. The van der Waals surface area contributed by atoms with Crippen molar-refractivity contribution in [2.45, 2.75) is 0 Å². The minimum absolute atomic E-state index is 0.0144. The summed E-state index contributed by atoms with van der Waals surface area (Å²) in [5, 5.41) is 0.730. The van der Waals surface area contributed by atoms with Gasteiger partial charge in [-0.2, -0.15) is 0 Å². The van der Waals surface area contributed by atoms with Crippen LogP contribution in [0.4, 0.5) is 5.69 Å². The van der Waals surface area contributed by atoms with Crippen molar-refractivity contribution >= 4 is 29.3 Å². The molecule has 0 spiro atoms. The van der Waals surface area contributed by atoms with Gasteiger partial charge in [0.25, 0.3) is 0 Å². The van der Waals surface area contributed by atoms with E-state index in [9.17, 15) is 4.79 Å². The number of hydrogen-bond acceptors (Lipinski definition) is 4. The molecule has 5 nitrogen and oxygen atoms in total. The lowest BCUT2D eigenvalue weighted by atomic mass is 10.1. The van der Waals surface area contributed by atoms with Crippen LogP contribution in [0.5, 0.6) is 11.5 Å². The van der Waals surface area contributed by atoms with Crippen LogP contribution in [-0.2, 0) is 4.79 Å². The van der Waals surface area contributed by atoms with E-state index in [2.05, 4.69) is 4.90 Å². The fraction of sp³-hybridized carbons (Fsp3) is 0.286. The third kappa shape index (κ3) is 4.74. The number of hydrogen-bond donors (Lipinski definition) is 0. The predicted molar refractivity (Wildman–Crippen MR) is 109 cm³/mol. The molecule has 1 amide bonds. The van der Waals surface area contributed by atoms with E-state index in [0.29, 0.717) is 24.6 Å². The molecule has 27 heavy (non-hydrogen) atoms. The van der Waals surface area contributed by atoms with Crippen molar-refractivity contribution in [1.29, 1.82) is 0 Å². The van der Waals surface area contributed by atoms with Crippen molar-refractivity contribution in [1.82, 2.24) is 4.90 Å². The summed E-state index contributed by atoms with van der Waals surface area (Å²) < 4.78 is 10.5. The molecule has 0 aromatic heterocycles. The number of amides is 1. The maximum Gasteiger partial charge on any atom is 0.246 e. The SMILES string of the molecule is COc1ccc(/C=C\C(=O)N2CCN(c3ccc(Cl)cc3)CC2)cc1OC. The standard InChI is InChI=1S/C21H23ClN2O3/c1-26-19-9-3-16(15-20(19)27-2)4-10-21(25)24-13-11-23(12-14-24)18-7-5-17(22)6-8-18/h3-10,15H,11-14H2,1-2H3/b10-4-. The first-order valence-electron chi connectivity index (χ1n) is 8.80. The van der Waals surface area contributed by atoms with Gasteiger partial charge in [-0.3, -0.25) is 4.79 Å². The fourth-order valence-electron chi connectivity index (χ4n) is 3.07.